The molecule has 0 aliphatic heterocycles. The maximum Gasteiger partial charge on any atom is 0.105 e. The van der Waals surface area contributed by atoms with Gasteiger partial charge in [0, 0.05) is 0 Å². The van der Waals surface area contributed by atoms with Crippen LogP contribution in [-0.4, -0.2) is 54.6 Å². The lowest BCUT2D eigenvalue weighted by Gasteiger charge is -2.31. The monoisotopic (exact) mass is 386 g/mol. The molecule has 0 rings (SSSR count). The molecule has 1 unspecified atom stereocenters. The van der Waals surface area contributed by atoms with Crippen LogP contribution in [0.4, 0.5) is 0 Å². The molecule has 0 aromatic rings. The third kappa shape index (κ3) is 20.4. The van der Waals surface area contributed by atoms with Crippen molar-refractivity contribution in [2.24, 2.45) is 0 Å². The van der Waals surface area contributed by atoms with E-state index in [0.29, 0.717) is 4.48 Å². The Morgan fingerprint density at radius 2 is 1.00 bits per heavy atom. The van der Waals surface area contributed by atoms with Gasteiger partial charge in [0.2, 0.25) is 0 Å². The number of likely N-dealkylation sites (N-methyl/N-ethyl adjacent to an activating group) is 1. The van der Waals surface area contributed by atoms with Crippen molar-refractivity contribution in [2.75, 3.05) is 33.8 Å². The second-order valence-corrected chi connectivity index (χ2v) is 9.31. The molecular formula is C24H52NO2+. The Balaban J connectivity index is 3.23. The molecule has 27 heavy (non-hydrogen) atoms. The highest BCUT2D eigenvalue weighted by molar-refractivity contribution is 4.56. The number of hydrogen-bond acceptors (Lipinski definition) is 2. The normalized spacial score (nSPS) is 13.2. The molecule has 3 nitrogen and oxygen atoms in total. The molecule has 164 valence electrons. The van der Waals surface area contributed by atoms with Gasteiger partial charge in [0.15, 0.2) is 0 Å². The first-order chi connectivity index (χ1) is 13.0. The van der Waals surface area contributed by atoms with Crippen molar-refractivity contribution in [1.82, 2.24) is 0 Å². The van der Waals surface area contributed by atoms with Gasteiger partial charge in [-0.3, -0.25) is 0 Å². The molecule has 1 atom stereocenters. The lowest BCUT2D eigenvalue weighted by atomic mass is 10.0. The third-order valence-electron chi connectivity index (χ3n) is 5.80. The van der Waals surface area contributed by atoms with E-state index in [1.54, 1.807) is 0 Å². The summed E-state index contributed by atoms with van der Waals surface area (Å²) in [6.07, 6.45) is 22.9. The minimum absolute atomic E-state index is 0.193. The fourth-order valence-electron chi connectivity index (χ4n) is 3.95. The van der Waals surface area contributed by atoms with Crippen molar-refractivity contribution >= 4 is 0 Å². The largest absolute Gasteiger partial charge is 0.391 e. The second kappa shape index (κ2) is 19.2. The SMILES string of the molecule is CCCCCCCCCCCCCCCCCCC(O)C[N+](C)(C)CCO. The highest BCUT2D eigenvalue weighted by Crippen LogP contribution is 2.14. The van der Waals surface area contributed by atoms with E-state index in [9.17, 15) is 5.11 Å². The van der Waals surface area contributed by atoms with Crippen molar-refractivity contribution in [3.8, 4) is 0 Å². The zero-order valence-corrected chi connectivity index (χ0v) is 19.1. The maximum atomic E-state index is 10.1. The smallest absolute Gasteiger partial charge is 0.105 e. The quantitative estimate of drug-likeness (QED) is 0.186. The molecule has 0 aliphatic carbocycles. The molecule has 0 aromatic carbocycles. The number of nitrogens with zero attached hydrogens (tertiary/aromatic N) is 1. The number of aliphatic hydroxyl groups is 2. The lowest BCUT2D eigenvalue weighted by Crippen LogP contribution is -2.47. The summed E-state index contributed by atoms with van der Waals surface area (Å²) in [6, 6.07) is 0. The summed E-state index contributed by atoms with van der Waals surface area (Å²) in [7, 11) is 4.15. The molecule has 0 heterocycles. The third-order valence-corrected chi connectivity index (χ3v) is 5.80. The van der Waals surface area contributed by atoms with Crippen molar-refractivity contribution in [2.45, 2.75) is 122 Å². The molecule has 0 aliphatic rings. The molecule has 0 fully saturated rings. The van der Waals surface area contributed by atoms with Crippen LogP contribution in [0.15, 0.2) is 0 Å². The van der Waals surface area contributed by atoms with Crippen LogP contribution in [0.2, 0.25) is 0 Å². The van der Waals surface area contributed by atoms with E-state index in [1.807, 2.05) is 0 Å². The van der Waals surface area contributed by atoms with E-state index in [-0.39, 0.29) is 12.7 Å². The van der Waals surface area contributed by atoms with E-state index in [4.69, 9.17) is 5.11 Å². The van der Waals surface area contributed by atoms with Gasteiger partial charge in [0.25, 0.3) is 0 Å². The average Bonchev–Trinajstić information content (AvgIpc) is 2.60. The van der Waals surface area contributed by atoms with E-state index in [1.165, 1.54) is 96.3 Å². The van der Waals surface area contributed by atoms with Gasteiger partial charge in [0.1, 0.15) is 19.2 Å². The first-order valence-corrected chi connectivity index (χ1v) is 12.1. The van der Waals surface area contributed by atoms with Crippen molar-refractivity contribution in [1.29, 1.82) is 0 Å². The average molecular weight is 387 g/mol. The second-order valence-electron chi connectivity index (χ2n) is 9.31. The van der Waals surface area contributed by atoms with Gasteiger partial charge >= 0.3 is 0 Å². The molecule has 0 aromatic heterocycles. The molecule has 0 saturated heterocycles. The summed E-state index contributed by atoms with van der Waals surface area (Å²) >= 11 is 0. The van der Waals surface area contributed by atoms with Crippen LogP contribution in [0.5, 0.6) is 0 Å². The van der Waals surface area contributed by atoms with Crippen molar-refractivity contribution in [3.63, 3.8) is 0 Å². The fourth-order valence-corrected chi connectivity index (χ4v) is 3.95. The first kappa shape index (κ1) is 26.9. The highest BCUT2D eigenvalue weighted by atomic mass is 16.3. The zero-order valence-electron chi connectivity index (χ0n) is 19.1. The Morgan fingerprint density at radius 1 is 0.630 bits per heavy atom. The van der Waals surface area contributed by atoms with E-state index in [2.05, 4.69) is 21.0 Å². The minimum Gasteiger partial charge on any atom is -0.391 e. The maximum absolute atomic E-state index is 10.1. The van der Waals surface area contributed by atoms with Crippen LogP contribution in [0.3, 0.4) is 0 Å². The molecule has 0 saturated carbocycles. The van der Waals surface area contributed by atoms with Crippen molar-refractivity contribution < 1.29 is 14.7 Å². The van der Waals surface area contributed by atoms with Crippen LogP contribution in [0, 0.1) is 0 Å². The Hall–Kier alpha value is -0.120. The van der Waals surface area contributed by atoms with E-state index in [0.717, 1.165) is 25.9 Å². The Labute approximate surface area is 171 Å². The predicted molar refractivity (Wildman–Crippen MR) is 119 cm³/mol. The standard InChI is InChI=1S/C24H52NO2/c1-4-5-6-7-8-9-10-11-12-13-14-15-16-17-18-19-20-24(27)23-25(2,3)21-22-26/h24,26-27H,4-23H2,1-3H3/q+1. The number of quaternary nitrogens is 1. The van der Waals surface area contributed by atoms with Crippen LogP contribution >= 0.6 is 0 Å². The number of unbranched alkanes of at least 4 members (excludes halogenated alkanes) is 15. The van der Waals surface area contributed by atoms with E-state index >= 15 is 0 Å². The molecular weight excluding hydrogens is 334 g/mol. The Bertz CT molecular complexity index is 294. The molecule has 2 N–H and O–H groups in total. The van der Waals surface area contributed by atoms with Gasteiger partial charge in [-0.15, -0.1) is 0 Å². The topological polar surface area (TPSA) is 40.5 Å². The lowest BCUT2D eigenvalue weighted by molar-refractivity contribution is -0.893. The summed E-state index contributed by atoms with van der Waals surface area (Å²) in [5.74, 6) is 0. The van der Waals surface area contributed by atoms with Crippen LogP contribution in [0.1, 0.15) is 116 Å². The van der Waals surface area contributed by atoms with Gasteiger partial charge in [-0.25, -0.2) is 0 Å². The molecule has 3 heteroatoms. The summed E-state index contributed by atoms with van der Waals surface area (Å²) in [4.78, 5) is 0. The molecule has 0 radical (unpaired) electrons. The summed E-state index contributed by atoms with van der Waals surface area (Å²) in [6.45, 7) is 3.95. The van der Waals surface area contributed by atoms with Gasteiger partial charge in [-0.2, -0.15) is 0 Å². The molecule has 0 spiro atoms. The van der Waals surface area contributed by atoms with Gasteiger partial charge in [0.05, 0.1) is 20.7 Å². The Morgan fingerprint density at radius 3 is 1.37 bits per heavy atom. The predicted octanol–water partition coefficient (Wildman–Crippen LogP) is 6.07. The van der Waals surface area contributed by atoms with Crippen LogP contribution in [-0.2, 0) is 0 Å². The van der Waals surface area contributed by atoms with Gasteiger partial charge < -0.3 is 14.7 Å². The summed E-state index contributed by atoms with van der Waals surface area (Å²) in [5, 5.41) is 19.2. The van der Waals surface area contributed by atoms with E-state index < -0.39 is 0 Å². The summed E-state index contributed by atoms with van der Waals surface area (Å²) in [5.41, 5.74) is 0. The number of rotatable bonds is 21. The Kier molecular flexibility index (Phi) is 19.1. The van der Waals surface area contributed by atoms with Crippen molar-refractivity contribution in [3.05, 3.63) is 0 Å². The fraction of sp³-hybridized carbons (Fsp3) is 1.00. The number of hydrogen-bond donors (Lipinski definition) is 2. The van der Waals surface area contributed by atoms with Crippen LogP contribution in [0.25, 0.3) is 0 Å². The number of aliphatic hydroxyl groups excluding tert-OH is 2. The first-order valence-electron chi connectivity index (χ1n) is 12.1. The minimum atomic E-state index is -0.224. The highest BCUT2D eigenvalue weighted by Gasteiger charge is 2.19. The van der Waals surface area contributed by atoms with Gasteiger partial charge in [-0.05, 0) is 6.42 Å². The van der Waals surface area contributed by atoms with Crippen LogP contribution < -0.4 is 0 Å². The molecule has 0 bridgehead atoms. The zero-order chi connectivity index (χ0) is 20.2. The summed E-state index contributed by atoms with van der Waals surface area (Å²) < 4.78 is 0.705. The van der Waals surface area contributed by atoms with Gasteiger partial charge in [-0.1, -0.05) is 110 Å². The molecule has 0 amide bonds.